The maximum atomic E-state index is 13.0. The van der Waals surface area contributed by atoms with Gasteiger partial charge in [-0.15, -0.1) is 0 Å². The van der Waals surface area contributed by atoms with Crippen molar-refractivity contribution in [2.45, 2.75) is 26.2 Å². The highest BCUT2D eigenvalue weighted by atomic mass is 16.5. The smallest absolute Gasteiger partial charge is 0.225 e. The molecule has 0 saturated carbocycles. The fourth-order valence-corrected chi connectivity index (χ4v) is 3.83. The van der Waals surface area contributed by atoms with Gasteiger partial charge in [0.15, 0.2) is 11.5 Å². The quantitative estimate of drug-likeness (QED) is 0.581. The molecule has 1 aromatic carbocycles. The molecule has 0 aromatic heterocycles. The highest BCUT2D eigenvalue weighted by molar-refractivity contribution is 5.84. The number of likely N-dealkylation sites (tertiary alicyclic amines) is 1. The lowest BCUT2D eigenvalue weighted by atomic mass is 9.88. The molecule has 0 radical (unpaired) electrons. The molecule has 168 valence electrons. The maximum Gasteiger partial charge on any atom is 0.225 e. The normalized spacial score (nSPS) is 18.4. The Balaban J connectivity index is 2.35. The molecular weight excluding hydrogens is 388 g/mol. The molecular formula is C22H34N2O6. The molecule has 8 nitrogen and oxygen atoms in total. The molecule has 0 unspecified atom stereocenters. The molecule has 8 heteroatoms. The van der Waals surface area contributed by atoms with Crippen LogP contribution in [0.2, 0.25) is 0 Å². The van der Waals surface area contributed by atoms with Crippen LogP contribution < -0.4 is 19.5 Å². The fourth-order valence-electron chi connectivity index (χ4n) is 3.83. The molecule has 1 aromatic rings. The second kappa shape index (κ2) is 11.1. The Bertz CT molecular complexity index is 711. The van der Waals surface area contributed by atoms with Gasteiger partial charge in [-0.1, -0.05) is 13.8 Å². The Kier molecular flexibility index (Phi) is 8.77. The van der Waals surface area contributed by atoms with Crippen molar-refractivity contribution in [3.63, 3.8) is 0 Å². The number of hydrogen-bond acceptors (Lipinski definition) is 6. The van der Waals surface area contributed by atoms with Crippen LogP contribution in [0.25, 0.3) is 0 Å². The van der Waals surface area contributed by atoms with Crippen LogP contribution in [0.1, 0.15) is 31.7 Å². The maximum absolute atomic E-state index is 13.0. The lowest BCUT2D eigenvalue weighted by Gasteiger charge is -2.21. The van der Waals surface area contributed by atoms with E-state index in [0.717, 1.165) is 12.0 Å². The number of nitrogens with zero attached hydrogens (tertiary/aromatic N) is 1. The van der Waals surface area contributed by atoms with E-state index < -0.39 is 0 Å². The summed E-state index contributed by atoms with van der Waals surface area (Å²) in [7, 11) is 6.30. The van der Waals surface area contributed by atoms with E-state index in [1.807, 2.05) is 26.0 Å². The molecule has 1 aliphatic heterocycles. The first kappa shape index (κ1) is 23.8. The molecule has 1 aliphatic rings. The number of carbonyl (C=O) groups excluding carboxylic acids is 2. The highest BCUT2D eigenvalue weighted by Gasteiger charge is 2.41. The summed E-state index contributed by atoms with van der Waals surface area (Å²) in [5.41, 5.74) is 0.876. The van der Waals surface area contributed by atoms with Gasteiger partial charge in [0.25, 0.3) is 0 Å². The van der Waals surface area contributed by atoms with E-state index >= 15 is 0 Å². The first-order valence-corrected chi connectivity index (χ1v) is 10.2. The largest absolute Gasteiger partial charge is 0.493 e. The third-order valence-electron chi connectivity index (χ3n) is 5.40. The Morgan fingerprint density at radius 2 is 1.70 bits per heavy atom. The lowest BCUT2D eigenvalue weighted by Crippen LogP contribution is -2.37. The fraction of sp³-hybridized carbons (Fsp3) is 0.636. The summed E-state index contributed by atoms with van der Waals surface area (Å²) >= 11 is 0. The zero-order valence-electron chi connectivity index (χ0n) is 18.8. The number of rotatable bonds is 10. The first-order chi connectivity index (χ1) is 14.4. The summed E-state index contributed by atoms with van der Waals surface area (Å²) in [6, 6.07) is 3.72. The van der Waals surface area contributed by atoms with Gasteiger partial charge in [-0.05, 0) is 24.1 Å². The van der Waals surface area contributed by atoms with E-state index in [9.17, 15) is 9.59 Å². The van der Waals surface area contributed by atoms with Crippen molar-refractivity contribution < 1.29 is 28.5 Å². The van der Waals surface area contributed by atoms with E-state index in [0.29, 0.717) is 43.5 Å². The van der Waals surface area contributed by atoms with Gasteiger partial charge in [0, 0.05) is 45.2 Å². The zero-order valence-corrected chi connectivity index (χ0v) is 18.8. The molecule has 2 rings (SSSR count). The van der Waals surface area contributed by atoms with Gasteiger partial charge in [-0.2, -0.15) is 0 Å². The Hall–Kier alpha value is -2.48. The van der Waals surface area contributed by atoms with Crippen molar-refractivity contribution in [1.82, 2.24) is 10.2 Å². The summed E-state index contributed by atoms with van der Waals surface area (Å²) < 4.78 is 21.4. The van der Waals surface area contributed by atoms with Gasteiger partial charge in [-0.25, -0.2) is 0 Å². The summed E-state index contributed by atoms with van der Waals surface area (Å²) in [5.74, 6) is 0.860. The lowest BCUT2D eigenvalue weighted by molar-refractivity contribution is -0.133. The van der Waals surface area contributed by atoms with E-state index in [-0.39, 0.29) is 29.6 Å². The summed E-state index contributed by atoms with van der Waals surface area (Å²) in [6.07, 6.45) is 0.735. The average molecular weight is 423 g/mol. The van der Waals surface area contributed by atoms with Gasteiger partial charge in [0.1, 0.15) is 0 Å². The standard InChI is InChI=1S/C22H34N2O6/c1-14(2)22(26)24-12-16(17(13-24)21(25)23-8-7-9-27-3)15-10-18(28-4)20(30-6)19(11-15)29-5/h10-11,14,16-17H,7-9,12-13H2,1-6H3,(H,23,25)/t16-,17-/m1/s1. The van der Waals surface area contributed by atoms with E-state index in [4.69, 9.17) is 18.9 Å². The Morgan fingerprint density at radius 3 is 2.20 bits per heavy atom. The second-order valence-electron chi connectivity index (χ2n) is 7.71. The van der Waals surface area contributed by atoms with Crippen LogP contribution >= 0.6 is 0 Å². The van der Waals surface area contributed by atoms with Crippen LogP contribution in [-0.2, 0) is 14.3 Å². The van der Waals surface area contributed by atoms with Crippen LogP contribution in [0.5, 0.6) is 17.2 Å². The van der Waals surface area contributed by atoms with Crippen LogP contribution in [-0.4, -0.2) is 71.4 Å². The predicted octanol–water partition coefficient (Wildman–Crippen LogP) is 2.06. The molecule has 1 heterocycles. The minimum absolute atomic E-state index is 0.0436. The topological polar surface area (TPSA) is 86.3 Å². The predicted molar refractivity (Wildman–Crippen MR) is 113 cm³/mol. The van der Waals surface area contributed by atoms with E-state index in [1.54, 1.807) is 33.3 Å². The second-order valence-corrected chi connectivity index (χ2v) is 7.71. The number of nitrogens with one attached hydrogen (secondary N) is 1. The van der Waals surface area contributed by atoms with Gasteiger partial charge >= 0.3 is 0 Å². The number of amides is 2. The van der Waals surface area contributed by atoms with Crippen LogP contribution in [0, 0.1) is 11.8 Å². The third-order valence-corrected chi connectivity index (χ3v) is 5.40. The van der Waals surface area contributed by atoms with E-state index in [2.05, 4.69) is 5.32 Å². The molecule has 2 atom stereocenters. The molecule has 2 amide bonds. The minimum Gasteiger partial charge on any atom is -0.493 e. The zero-order chi connectivity index (χ0) is 22.3. The molecule has 0 aliphatic carbocycles. The Morgan fingerprint density at radius 1 is 1.07 bits per heavy atom. The number of ether oxygens (including phenoxy) is 4. The van der Waals surface area contributed by atoms with Gasteiger partial charge in [-0.3, -0.25) is 9.59 Å². The molecule has 30 heavy (non-hydrogen) atoms. The summed E-state index contributed by atoms with van der Waals surface area (Å²) in [4.78, 5) is 27.4. The van der Waals surface area contributed by atoms with Crippen LogP contribution in [0.15, 0.2) is 12.1 Å². The SMILES string of the molecule is COCCCNC(=O)[C@@H]1CN(C(=O)C(C)C)C[C@@H]1c1cc(OC)c(OC)c(OC)c1. The molecule has 1 saturated heterocycles. The number of benzene rings is 1. The molecule has 1 fully saturated rings. The molecule has 0 bridgehead atoms. The summed E-state index contributed by atoms with van der Waals surface area (Å²) in [5, 5.41) is 2.98. The van der Waals surface area contributed by atoms with Crippen molar-refractivity contribution in [3.05, 3.63) is 17.7 Å². The first-order valence-electron chi connectivity index (χ1n) is 10.2. The summed E-state index contributed by atoms with van der Waals surface area (Å²) in [6.45, 7) is 5.70. The van der Waals surface area contributed by atoms with Crippen molar-refractivity contribution in [2.75, 3.05) is 54.7 Å². The van der Waals surface area contributed by atoms with Gasteiger partial charge in [0.05, 0.1) is 27.2 Å². The van der Waals surface area contributed by atoms with Crippen molar-refractivity contribution >= 4 is 11.8 Å². The number of hydrogen-bond donors (Lipinski definition) is 1. The van der Waals surface area contributed by atoms with Crippen molar-refractivity contribution in [1.29, 1.82) is 0 Å². The van der Waals surface area contributed by atoms with E-state index in [1.165, 1.54) is 0 Å². The monoisotopic (exact) mass is 422 g/mol. The van der Waals surface area contributed by atoms with Crippen LogP contribution in [0.3, 0.4) is 0 Å². The number of carbonyl (C=O) groups is 2. The molecule has 1 N–H and O–H groups in total. The van der Waals surface area contributed by atoms with Crippen molar-refractivity contribution in [2.24, 2.45) is 11.8 Å². The van der Waals surface area contributed by atoms with Gasteiger partial charge < -0.3 is 29.2 Å². The highest BCUT2D eigenvalue weighted by Crippen LogP contribution is 2.43. The van der Waals surface area contributed by atoms with Crippen LogP contribution in [0.4, 0.5) is 0 Å². The average Bonchev–Trinajstić information content (AvgIpc) is 3.20. The van der Waals surface area contributed by atoms with Crippen molar-refractivity contribution in [3.8, 4) is 17.2 Å². The van der Waals surface area contributed by atoms with Gasteiger partial charge in [0.2, 0.25) is 17.6 Å². The Labute approximate surface area is 178 Å². The molecule has 0 spiro atoms. The minimum atomic E-state index is -0.363. The number of methoxy groups -OCH3 is 4. The third kappa shape index (κ3) is 5.36.